The molecule has 0 unspecified atom stereocenters. The van der Waals surface area contributed by atoms with Crippen molar-refractivity contribution in [3.63, 3.8) is 0 Å². The first-order chi connectivity index (χ1) is 6.20. The third kappa shape index (κ3) is 8.36. The fraction of sp³-hybridized carbons (Fsp3) is 0.833. The lowest BCUT2D eigenvalue weighted by molar-refractivity contribution is 0.370. The highest BCUT2D eigenvalue weighted by Gasteiger charge is 2.18. The molecular weight excluding hydrogens is 188 g/mol. The second-order valence-corrected chi connectivity index (χ2v) is 10.1. The fourth-order valence-corrected chi connectivity index (χ4v) is 2.25. The number of hydrogen-bond acceptors (Lipinski definition) is 1. The van der Waals surface area contributed by atoms with Gasteiger partial charge in [0.1, 0.15) is 0 Å². The van der Waals surface area contributed by atoms with E-state index in [1.807, 2.05) is 0 Å². The number of allylic oxidation sites excluding steroid dienone is 2. The molecule has 0 aliphatic heterocycles. The van der Waals surface area contributed by atoms with Crippen LogP contribution in [0.15, 0.2) is 11.8 Å². The van der Waals surface area contributed by atoms with E-state index >= 15 is 0 Å². The van der Waals surface area contributed by atoms with Crippen LogP contribution in [-0.4, -0.2) is 8.32 Å². The van der Waals surface area contributed by atoms with Crippen LogP contribution in [0.3, 0.4) is 0 Å². The van der Waals surface area contributed by atoms with E-state index in [2.05, 4.69) is 53.4 Å². The van der Waals surface area contributed by atoms with Gasteiger partial charge in [0.2, 0.25) is 8.32 Å². The summed E-state index contributed by atoms with van der Waals surface area (Å²) in [5.41, 5.74) is 0. The summed E-state index contributed by atoms with van der Waals surface area (Å²) in [4.78, 5) is 0. The van der Waals surface area contributed by atoms with Gasteiger partial charge in [0.25, 0.3) is 0 Å². The summed E-state index contributed by atoms with van der Waals surface area (Å²) >= 11 is 0. The van der Waals surface area contributed by atoms with E-state index in [1.165, 1.54) is 5.76 Å². The van der Waals surface area contributed by atoms with Crippen molar-refractivity contribution in [2.45, 2.75) is 53.8 Å². The van der Waals surface area contributed by atoms with Crippen LogP contribution in [0, 0.1) is 11.8 Å². The van der Waals surface area contributed by atoms with Crippen LogP contribution >= 0.6 is 0 Å². The summed E-state index contributed by atoms with van der Waals surface area (Å²) in [5.74, 6) is 2.46. The topological polar surface area (TPSA) is 9.23 Å². The van der Waals surface area contributed by atoms with Crippen molar-refractivity contribution in [3.05, 3.63) is 11.8 Å². The molecular formula is C12H26OSi. The molecule has 1 nitrogen and oxygen atoms in total. The van der Waals surface area contributed by atoms with E-state index in [-0.39, 0.29) is 0 Å². The second-order valence-electron chi connectivity index (χ2n) is 5.69. The lowest BCUT2D eigenvalue weighted by Crippen LogP contribution is -2.25. The molecule has 0 saturated carbocycles. The van der Waals surface area contributed by atoms with Crippen LogP contribution in [0.4, 0.5) is 0 Å². The Bertz CT molecular complexity index is 187. The van der Waals surface area contributed by atoms with Gasteiger partial charge in [-0.05, 0) is 37.6 Å². The molecule has 0 aromatic heterocycles. The molecule has 84 valence electrons. The summed E-state index contributed by atoms with van der Waals surface area (Å²) < 4.78 is 6.06. The summed E-state index contributed by atoms with van der Waals surface area (Å²) in [6.07, 6.45) is 3.33. The van der Waals surface area contributed by atoms with E-state index in [4.69, 9.17) is 4.43 Å². The average molecular weight is 214 g/mol. The van der Waals surface area contributed by atoms with Gasteiger partial charge in [0.05, 0.1) is 5.76 Å². The molecule has 0 aromatic rings. The highest BCUT2D eigenvalue weighted by atomic mass is 28.4. The SMILES string of the molecule is CC(C)/C=C(/CC(C)C)O[Si](C)(C)C. The van der Waals surface area contributed by atoms with Crippen molar-refractivity contribution in [1.82, 2.24) is 0 Å². The number of rotatable bonds is 5. The Labute approximate surface area is 90.7 Å². The van der Waals surface area contributed by atoms with Gasteiger partial charge in [-0.25, -0.2) is 0 Å². The van der Waals surface area contributed by atoms with Gasteiger partial charge < -0.3 is 4.43 Å². The maximum atomic E-state index is 6.06. The van der Waals surface area contributed by atoms with Crippen molar-refractivity contribution < 1.29 is 4.43 Å². The largest absolute Gasteiger partial charge is 0.548 e. The van der Waals surface area contributed by atoms with Crippen molar-refractivity contribution in [2.24, 2.45) is 11.8 Å². The first-order valence-electron chi connectivity index (χ1n) is 5.60. The van der Waals surface area contributed by atoms with Gasteiger partial charge in [0.15, 0.2) is 0 Å². The minimum atomic E-state index is -1.42. The van der Waals surface area contributed by atoms with Crippen LogP contribution < -0.4 is 0 Å². The fourth-order valence-electron chi connectivity index (χ4n) is 1.31. The lowest BCUT2D eigenvalue weighted by Gasteiger charge is -2.23. The molecule has 0 aromatic carbocycles. The Morgan fingerprint density at radius 3 is 1.93 bits per heavy atom. The zero-order valence-electron chi connectivity index (χ0n) is 10.8. The predicted octanol–water partition coefficient (Wildman–Crippen LogP) is 4.42. The minimum Gasteiger partial charge on any atom is -0.548 e. The maximum absolute atomic E-state index is 6.06. The summed E-state index contributed by atoms with van der Waals surface area (Å²) in [6, 6.07) is 0. The van der Waals surface area contributed by atoms with E-state index < -0.39 is 8.32 Å². The molecule has 14 heavy (non-hydrogen) atoms. The summed E-state index contributed by atoms with van der Waals surface area (Å²) in [5, 5.41) is 0. The predicted molar refractivity (Wildman–Crippen MR) is 66.8 cm³/mol. The van der Waals surface area contributed by atoms with E-state index in [0.717, 1.165) is 6.42 Å². The Morgan fingerprint density at radius 1 is 1.14 bits per heavy atom. The molecule has 0 bridgehead atoms. The normalized spacial score (nSPS) is 13.9. The standard InChI is InChI=1S/C12H26OSi/c1-10(2)8-12(9-11(3)4)13-14(5,6)7/h8,10-11H,9H2,1-7H3/b12-8-. The van der Waals surface area contributed by atoms with E-state index in [9.17, 15) is 0 Å². The zero-order valence-corrected chi connectivity index (χ0v) is 11.8. The van der Waals surface area contributed by atoms with Crippen LogP contribution in [0.25, 0.3) is 0 Å². The Hall–Kier alpha value is -0.243. The van der Waals surface area contributed by atoms with Crippen molar-refractivity contribution >= 4 is 8.32 Å². The van der Waals surface area contributed by atoms with Crippen LogP contribution in [0.2, 0.25) is 19.6 Å². The Morgan fingerprint density at radius 2 is 1.64 bits per heavy atom. The molecule has 0 aliphatic carbocycles. The second kappa shape index (κ2) is 5.59. The molecule has 0 radical (unpaired) electrons. The van der Waals surface area contributed by atoms with E-state index in [1.54, 1.807) is 0 Å². The molecule has 2 heteroatoms. The highest BCUT2D eigenvalue weighted by Crippen LogP contribution is 2.19. The average Bonchev–Trinajstić information content (AvgIpc) is 1.77. The van der Waals surface area contributed by atoms with Gasteiger partial charge in [-0.3, -0.25) is 0 Å². The maximum Gasteiger partial charge on any atom is 0.241 e. The van der Waals surface area contributed by atoms with Gasteiger partial charge in [-0.15, -0.1) is 0 Å². The van der Waals surface area contributed by atoms with Gasteiger partial charge in [0, 0.05) is 6.42 Å². The first kappa shape index (κ1) is 13.8. The lowest BCUT2D eigenvalue weighted by atomic mass is 10.1. The molecule has 0 spiro atoms. The highest BCUT2D eigenvalue weighted by molar-refractivity contribution is 6.70. The van der Waals surface area contributed by atoms with Gasteiger partial charge in [-0.2, -0.15) is 0 Å². The summed E-state index contributed by atoms with van der Waals surface area (Å²) in [6.45, 7) is 15.6. The minimum absolute atomic E-state index is 0.583. The molecule has 0 heterocycles. The third-order valence-corrected chi connectivity index (χ3v) is 2.44. The molecule has 0 fully saturated rings. The molecule has 0 N–H and O–H groups in total. The van der Waals surface area contributed by atoms with Crippen LogP contribution in [-0.2, 0) is 4.43 Å². The van der Waals surface area contributed by atoms with Crippen molar-refractivity contribution in [1.29, 1.82) is 0 Å². The molecule has 0 saturated heterocycles. The molecule has 0 amide bonds. The quantitative estimate of drug-likeness (QED) is 0.486. The Balaban J connectivity index is 4.41. The van der Waals surface area contributed by atoms with Gasteiger partial charge >= 0.3 is 0 Å². The monoisotopic (exact) mass is 214 g/mol. The molecule has 0 rings (SSSR count). The summed E-state index contributed by atoms with van der Waals surface area (Å²) in [7, 11) is -1.42. The van der Waals surface area contributed by atoms with Crippen LogP contribution in [0.1, 0.15) is 34.1 Å². The molecule has 0 aliphatic rings. The molecule has 0 atom stereocenters. The van der Waals surface area contributed by atoms with Crippen molar-refractivity contribution in [3.8, 4) is 0 Å². The van der Waals surface area contributed by atoms with Crippen molar-refractivity contribution in [2.75, 3.05) is 0 Å². The van der Waals surface area contributed by atoms with Crippen LogP contribution in [0.5, 0.6) is 0 Å². The number of hydrogen-bond donors (Lipinski definition) is 0. The smallest absolute Gasteiger partial charge is 0.241 e. The zero-order chi connectivity index (χ0) is 11.4. The van der Waals surface area contributed by atoms with Gasteiger partial charge in [-0.1, -0.05) is 27.7 Å². The Kier molecular flexibility index (Phi) is 5.50. The van der Waals surface area contributed by atoms with E-state index in [0.29, 0.717) is 11.8 Å². The third-order valence-electron chi connectivity index (χ3n) is 1.57. The first-order valence-corrected chi connectivity index (χ1v) is 9.01.